The number of carbonyl (C=O) groups excluding carboxylic acids is 19. The van der Waals surface area contributed by atoms with Crippen molar-refractivity contribution < 1.29 is 106 Å². The average molecular weight is 1760 g/mol. The van der Waals surface area contributed by atoms with Gasteiger partial charge < -0.3 is 107 Å². The molecule has 23 N–H and O–H groups in total. The van der Waals surface area contributed by atoms with E-state index < -0.39 is 297 Å². The fourth-order valence-electron chi connectivity index (χ4n) is 13.4. The zero-order chi connectivity index (χ0) is 94.5. The molecular formula is C84H146N18O22. The summed E-state index contributed by atoms with van der Waals surface area (Å²) in [5.41, 5.74) is 22.2. The van der Waals surface area contributed by atoms with Gasteiger partial charge in [-0.05, 0) is 118 Å². The molecule has 0 aromatic heterocycles. The van der Waals surface area contributed by atoms with Crippen molar-refractivity contribution in [3.63, 3.8) is 0 Å². The van der Waals surface area contributed by atoms with Gasteiger partial charge in [-0.2, -0.15) is 0 Å². The van der Waals surface area contributed by atoms with E-state index >= 15 is 9.59 Å². The number of hydrogen-bond donors (Lipinski definition) is 19. The van der Waals surface area contributed by atoms with E-state index in [0.717, 1.165) is 38.5 Å². The number of hydrogen-bond acceptors (Lipinski definition) is 21. The van der Waals surface area contributed by atoms with Crippen LogP contribution in [-0.4, -0.2) is 215 Å². The number of aliphatic carboxylic acids is 1. The molecule has 0 bridgehead atoms. The number of carboxylic acids is 1. The van der Waals surface area contributed by atoms with Crippen LogP contribution in [0, 0.1) is 47.3 Å². The topological polar surface area (TPSA) is 643 Å². The smallest absolute Gasteiger partial charge is 0.329 e. The quantitative estimate of drug-likeness (QED) is 0.0281. The fraction of sp³-hybridized carbons (Fsp3) is 0.762. The van der Waals surface area contributed by atoms with Gasteiger partial charge in [0, 0.05) is 38.5 Å². The number of rotatable bonds is 50. The van der Waals surface area contributed by atoms with Crippen LogP contribution in [0.2, 0.25) is 0 Å². The molecule has 40 nitrogen and oxygen atoms in total. The third-order valence-electron chi connectivity index (χ3n) is 20.5. The molecule has 1 heterocycles. The summed E-state index contributed by atoms with van der Waals surface area (Å²) in [4.78, 5) is 280. The number of ether oxygens (including phenoxy) is 1. The summed E-state index contributed by atoms with van der Waals surface area (Å²) in [7, 11) is 0. The van der Waals surface area contributed by atoms with Gasteiger partial charge in [-0.3, -0.25) is 91.1 Å². The van der Waals surface area contributed by atoms with Gasteiger partial charge >= 0.3 is 11.9 Å². The van der Waals surface area contributed by atoms with E-state index in [2.05, 4.69) is 81.4 Å². The molecule has 704 valence electrons. The van der Waals surface area contributed by atoms with Crippen LogP contribution < -0.4 is 97.4 Å². The van der Waals surface area contributed by atoms with Gasteiger partial charge in [-0.15, -0.1) is 0 Å². The van der Waals surface area contributed by atoms with Gasteiger partial charge in [-0.25, -0.2) is 4.79 Å². The lowest BCUT2D eigenvalue weighted by Crippen LogP contribution is -2.62. The monoisotopic (exact) mass is 1760 g/mol. The number of amides is 18. The highest BCUT2D eigenvalue weighted by molar-refractivity contribution is 6.01. The van der Waals surface area contributed by atoms with Gasteiger partial charge in [0.2, 0.25) is 106 Å². The van der Waals surface area contributed by atoms with Crippen molar-refractivity contribution >= 4 is 118 Å². The number of unbranched alkanes of at least 4 members (excludes halogenated alkanes) is 6. The Kier molecular flexibility index (Phi) is 51.9. The Balaban J connectivity index is 4.23. The highest BCUT2D eigenvalue weighted by Gasteiger charge is 2.41. The second-order valence-corrected chi connectivity index (χ2v) is 35.2. The fourth-order valence-corrected chi connectivity index (χ4v) is 13.4. The van der Waals surface area contributed by atoms with Gasteiger partial charge in [0.05, 0.1) is 0 Å². The largest absolute Gasteiger partial charge is 0.481 e. The normalized spacial score (nSPS) is 20.4. The van der Waals surface area contributed by atoms with Crippen molar-refractivity contribution in [2.24, 2.45) is 70.3 Å². The summed E-state index contributed by atoms with van der Waals surface area (Å²) in [6, 6.07) is -22.6. The molecule has 1 fully saturated rings. The van der Waals surface area contributed by atoms with Gasteiger partial charge in [0.1, 0.15) is 91.2 Å². The van der Waals surface area contributed by atoms with Crippen molar-refractivity contribution in [1.82, 2.24) is 74.4 Å². The maximum Gasteiger partial charge on any atom is 0.329 e. The molecule has 15 atom stereocenters. The first-order chi connectivity index (χ1) is 57.9. The minimum absolute atomic E-state index is 0.0444. The molecule has 0 radical (unpaired) electrons. The van der Waals surface area contributed by atoms with Crippen molar-refractivity contribution in [3.8, 4) is 0 Å². The van der Waals surface area contributed by atoms with Crippen LogP contribution >= 0.6 is 0 Å². The molecule has 0 unspecified atom stereocenters. The van der Waals surface area contributed by atoms with Crippen molar-refractivity contribution in [1.29, 1.82) is 0 Å². The lowest BCUT2D eigenvalue weighted by Gasteiger charge is -2.30. The molecule has 40 heteroatoms. The Labute approximate surface area is 728 Å². The third-order valence-corrected chi connectivity index (χ3v) is 20.5. The number of primary amides is 4. The first kappa shape index (κ1) is 111. The van der Waals surface area contributed by atoms with Crippen LogP contribution in [-0.2, 0) is 101 Å². The number of esters is 1. The number of nitrogens with one attached hydrogen (secondary N) is 14. The molecular weight excluding hydrogens is 1610 g/mol. The molecule has 124 heavy (non-hydrogen) atoms. The molecule has 1 aliphatic rings. The van der Waals surface area contributed by atoms with E-state index in [0.29, 0.717) is 6.42 Å². The summed E-state index contributed by atoms with van der Waals surface area (Å²) in [6.45, 7) is 27.4. The molecule has 0 saturated carbocycles. The lowest BCUT2D eigenvalue weighted by atomic mass is 9.97. The van der Waals surface area contributed by atoms with Gasteiger partial charge in [0.25, 0.3) is 0 Å². The van der Waals surface area contributed by atoms with Crippen LogP contribution in [0.4, 0.5) is 0 Å². The molecule has 0 aromatic rings. The molecule has 0 spiro atoms. The van der Waals surface area contributed by atoms with Crippen molar-refractivity contribution in [2.45, 2.75) is 356 Å². The minimum Gasteiger partial charge on any atom is -0.481 e. The van der Waals surface area contributed by atoms with E-state index in [1.54, 1.807) is 76.2 Å². The zero-order valence-electron chi connectivity index (χ0n) is 75.7. The molecule has 1 rings (SSSR count). The lowest BCUT2D eigenvalue weighted by molar-refractivity contribution is -0.152. The molecule has 18 amide bonds. The van der Waals surface area contributed by atoms with E-state index in [4.69, 9.17) is 27.7 Å². The van der Waals surface area contributed by atoms with Crippen LogP contribution in [0.3, 0.4) is 0 Å². The third kappa shape index (κ3) is 44.6. The van der Waals surface area contributed by atoms with E-state index in [-0.39, 0.29) is 68.6 Å². The van der Waals surface area contributed by atoms with E-state index in [1.807, 2.05) is 0 Å². The maximum atomic E-state index is 15.1. The Morgan fingerprint density at radius 1 is 0.379 bits per heavy atom. The molecule has 0 aliphatic carbocycles. The second kappa shape index (κ2) is 57.8. The second-order valence-electron chi connectivity index (χ2n) is 35.2. The summed E-state index contributed by atoms with van der Waals surface area (Å²) in [6.07, 6.45) is 1.18. The van der Waals surface area contributed by atoms with Crippen LogP contribution in [0.15, 0.2) is 0 Å². The standard InChI is InChI=1S/C84H146N18O22/c1-18-20-21-22-23-24-25-26-66(107)89-56(37-43(3)4)76(115)94-55(31-36-67(108)109)71(110)90-53(29-34-64(87)105)74(113)100-68(48(13)14)82(121)97-60(41-47(11)12)79(118)92-52(28-33-63(86)104)73(112)99-61-42-124-84(123)70(50(17)19-2)102-75(114)54(30-35-65(88)106)93-77(116)57(38-44(5)6)96-80(119)58(39-45(7)8)95-72(111)51(27-32-62(85)103)91-78(117)59(40-46(9)10)98-83(122)69(49(15)16)101-81(61)120/h43-61,68-70H,18-42H2,1-17H3,(H2,85,103)(H2,86,104)(H2,87,105)(H2,88,106)(H,89,107)(H,90,110)(H,91,117)(H,92,118)(H,93,116)(H,94,115)(H,95,111)(H,96,119)(H,97,121)(H,98,122)(H,99,112)(H,100,113)(H,101,120)(H,102,114)(H,108,109)/t50-,51+,52-,53+,54+,55+,56-,57-,58-,59-,60+,61+,68+,69+,70-/m0/s1. The highest BCUT2D eigenvalue weighted by Crippen LogP contribution is 2.19. The van der Waals surface area contributed by atoms with E-state index in [1.165, 1.54) is 34.6 Å². The first-order valence-corrected chi connectivity index (χ1v) is 43.7. The number of cyclic esters (lactones) is 1. The Hall–Kier alpha value is -10.6. The summed E-state index contributed by atoms with van der Waals surface area (Å²) < 4.78 is 5.80. The molecule has 1 saturated heterocycles. The number of carbonyl (C=O) groups is 20. The number of nitrogens with two attached hydrogens (primary N) is 4. The molecule has 1 aliphatic heterocycles. The van der Waals surface area contributed by atoms with Crippen LogP contribution in [0.1, 0.15) is 272 Å². The summed E-state index contributed by atoms with van der Waals surface area (Å²) >= 11 is 0. The van der Waals surface area contributed by atoms with Crippen molar-refractivity contribution in [2.75, 3.05) is 6.61 Å². The highest BCUT2D eigenvalue weighted by atomic mass is 16.5. The zero-order valence-corrected chi connectivity index (χ0v) is 75.7. The number of carboxylic acid groups (broad SMARTS) is 1. The maximum absolute atomic E-state index is 15.1. The SMILES string of the molecule is CCCCCCCCCC(=O)N[C@@H](CC(C)C)C(=O)N[C@H](CCC(=O)O)C(=O)N[C@H](CCC(N)=O)C(=O)N[C@@H](C(=O)N[C@H](CC(C)C)C(=O)N[C@@H](CCC(N)=O)C(=O)N[C@@H]1COC(=O)[C@H]([C@@H](C)CC)NC(=O)[C@@H](CCC(N)=O)NC(=O)[C@H](CC(C)C)NC(=O)[C@H](CC(C)C)NC(=O)[C@@H](CCC(N)=O)NC(=O)[C@H](CC(C)C)NC(=O)[C@@H](C(C)C)NC1=O)C(C)C. The summed E-state index contributed by atoms with van der Waals surface area (Å²) in [5, 5.41) is 45.7. The Morgan fingerprint density at radius 3 is 1.13 bits per heavy atom. The predicted molar refractivity (Wildman–Crippen MR) is 458 cm³/mol. The minimum atomic E-state index is -2.10. The summed E-state index contributed by atoms with van der Waals surface area (Å²) in [5.74, 6) is -24.5. The van der Waals surface area contributed by atoms with Gasteiger partial charge in [-0.1, -0.05) is 163 Å². The predicted octanol–water partition coefficient (Wildman–Crippen LogP) is -0.0135. The molecule has 0 aromatic carbocycles. The first-order valence-electron chi connectivity index (χ1n) is 43.7. The van der Waals surface area contributed by atoms with Crippen molar-refractivity contribution in [3.05, 3.63) is 0 Å². The van der Waals surface area contributed by atoms with Crippen LogP contribution in [0.25, 0.3) is 0 Å². The Bertz CT molecular complexity index is 3590. The van der Waals surface area contributed by atoms with Gasteiger partial charge in [0.15, 0.2) is 0 Å². The average Bonchev–Trinajstić information content (AvgIpc) is 0.983. The van der Waals surface area contributed by atoms with Crippen LogP contribution in [0.5, 0.6) is 0 Å². The van der Waals surface area contributed by atoms with E-state index in [9.17, 15) is 91.4 Å². The Morgan fingerprint density at radius 2 is 0.734 bits per heavy atom.